The average Bonchev–Trinajstić information content (AvgIpc) is 2.39. The lowest BCUT2D eigenvalue weighted by molar-refractivity contribution is 0.0459. The maximum atomic E-state index is 9.21. The van der Waals surface area contributed by atoms with Gasteiger partial charge in [0, 0.05) is 31.2 Å². The molecule has 1 aliphatic heterocycles. The third-order valence-corrected chi connectivity index (χ3v) is 3.82. The van der Waals surface area contributed by atoms with Crippen LogP contribution in [0.2, 0.25) is 0 Å². The number of benzene rings is 1. The molecule has 0 spiro atoms. The highest BCUT2D eigenvalue weighted by Gasteiger charge is 2.30. The van der Waals surface area contributed by atoms with Gasteiger partial charge in [-0.1, -0.05) is 12.1 Å². The average molecular weight is 256 g/mol. The maximum Gasteiger partial charge on any atom is 0.115 e. The van der Waals surface area contributed by atoms with Gasteiger partial charge in [-0.15, -0.1) is 11.6 Å². The lowest BCUT2D eigenvalue weighted by Crippen LogP contribution is -2.50. The van der Waals surface area contributed by atoms with Crippen LogP contribution in [0, 0.1) is 0 Å². The van der Waals surface area contributed by atoms with Gasteiger partial charge in [0.15, 0.2) is 0 Å². The summed E-state index contributed by atoms with van der Waals surface area (Å²) in [4.78, 5) is 0. The Morgan fingerprint density at radius 1 is 1.24 bits per heavy atom. The Hall–Kier alpha value is -0.770. The molecule has 1 heterocycles. The first-order valence-corrected chi connectivity index (χ1v) is 6.44. The number of halogens is 1. The molecule has 0 atom stereocenters. The number of alkyl halides is 1. The molecule has 94 valence electrons. The zero-order valence-corrected chi connectivity index (χ0v) is 10.5. The number of aromatic hydroxyl groups is 1. The van der Waals surface area contributed by atoms with Crippen LogP contribution < -0.4 is 5.32 Å². The number of ether oxygens (including phenoxy) is 1. The molecule has 3 nitrogen and oxygen atoms in total. The Bertz CT molecular complexity index is 347. The summed E-state index contributed by atoms with van der Waals surface area (Å²) in [6.45, 7) is 2.32. The molecule has 0 aliphatic carbocycles. The van der Waals surface area contributed by atoms with Crippen molar-refractivity contribution in [2.24, 2.45) is 0 Å². The molecule has 0 saturated carbocycles. The Kier molecular flexibility index (Phi) is 4.26. The van der Waals surface area contributed by atoms with Crippen molar-refractivity contribution in [3.8, 4) is 5.75 Å². The van der Waals surface area contributed by atoms with E-state index in [4.69, 9.17) is 16.3 Å². The van der Waals surface area contributed by atoms with E-state index in [0.717, 1.165) is 38.2 Å². The van der Waals surface area contributed by atoms with Gasteiger partial charge in [-0.3, -0.25) is 0 Å². The second kappa shape index (κ2) is 5.71. The Balaban J connectivity index is 1.93. The Labute approximate surface area is 107 Å². The van der Waals surface area contributed by atoms with Crippen LogP contribution in [0.25, 0.3) is 0 Å². The minimum Gasteiger partial charge on any atom is -0.508 e. The molecule has 1 aromatic rings. The van der Waals surface area contributed by atoms with Crippen LogP contribution in [0.15, 0.2) is 24.3 Å². The zero-order chi connectivity index (χ0) is 12.1. The number of phenolic OH excluding ortho intramolecular Hbond substituents is 1. The fraction of sp³-hybridized carbons (Fsp3) is 0.538. The number of phenols is 1. The smallest absolute Gasteiger partial charge is 0.115 e. The molecule has 17 heavy (non-hydrogen) atoms. The van der Waals surface area contributed by atoms with Crippen LogP contribution in [0.3, 0.4) is 0 Å². The van der Waals surface area contributed by atoms with Crippen molar-refractivity contribution >= 4 is 11.6 Å². The van der Waals surface area contributed by atoms with Gasteiger partial charge < -0.3 is 15.2 Å². The van der Waals surface area contributed by atoms with Crippen molar-refractivity contribution in [3.05, 3.63) is 29.8 Å². The van der Waals surface area contributed by atoms with E-state index in [1.807, 2.05) is 12.1 Å². The van der Waals surface area contributed by atoms with Gasteiger partial charge in [-0.25, -0.2) is 0 Å². The molecule has 1 aliphatic rings. The molecule has 0 unspecified atom stereocenters. The number of hydrogen-bond acceptors (Lipinski definition) is 3. The normalized spacial score (nSPS) is 19.1. The number of rotatable bonds is 4. The predicted molar refractivity (Wildman–Crippen MR) is 68.5 cm³/mol. The molecular formula is C13H18ClNO2. The van der Waals surface area contributed by atoms with Gasteiger partial charge in [0.1, 0.15) is 5.75 Å². The second-order valence-electron chi connectivity index (χ2n) is 4.55. The van der Waals surface area contributed by atoms with Gasteiger partial charge in [0.05, 0.1) is 0 Å². The molecule has 2 rings (SSSR count). The highest BCUT2D eigenvalue weighted by Crippen LogP contribution is 2.23. The van der Waals surface area contributed by atoms with Gasteiger partial charge in [0.25, 0.3) is 0 Å². The number of nitrogens with one attached hydrogen (secondary N) is 1. The molecule has 2 N–H and O–H groups in total. The monoisotopic (exact) mass is 255 g/mol. The Morgan fingerprint density at radius 2 is 1.88 bits per heavy atom. The second-order valence-corrected chi connectivity index (χ2v) is 4.81. The van der Waals surface area contributed by atoms with Crippen LogP contribution in [0.5, 0.6) is 5.75 Å². The molecule has 1 fully saturated rings. The lowest BCUT2D eigenvalue weighted by atomic mass is 9.92. The van der Waals surface area contributed by atoms with Crippen LogP contribution in [0.1, 0.15) is 18.4 Å². The first-order chi connectivity index (χ1) is 8.24. The summed E-state index contributed by atoms with van der Waals surface area (Å²) in [5.41, 5.74) is 1.15. The van der Waals surface area contributed by atoms with Crippen molar-refractivity contribution in [2.75, 3.05) is 19.1 Å². The predicted octanol–water partition coefficient (Wildman–Crippen LogP) is 2.27. The fourth-order valence-corrected chi connectivity index (χ4v) is 2.38. The van der Waals surface area contributed by atoms with Crippen molar-refractivity contribution in [3.63, 3.8) is 0 Å². The van der Waals surface area contributed by atoms with Crippen LogP contribution in [-0.2, 0) is 11.3 Å². The minimum absolute atomic E-state index is 0.00229. The van der Waals surface area contributed by atoms with Crippen molar-refractivity contribution in [1.82, 2.24) is 5.32 Å². The topological polar surface area (TPSA) is 41.5 Å². The van der Waals surface area contributed by atoms with Gasteiger partial charge in [0.2, 0.25) is 0 Å². The summed E-state index contributed by atoms with van der Waals surface area (Å²) in [6, 6.07) is 7.25. The van der Waals surface area contributed by atoms with E-state index in [9.17, 15) is 5.11 Å². The summed E-state index contributed by atoms with van der Waals surface area (Å²) in [6.07, 6.45) is 1.91. The third kappa shape index (κ3) is 3.35. The van der Waals surface area contributed by atoms with E-state index in [1.165, 1.54) is 0 Å². The summed E-state index contributed by atoms with van der Waals surface area (Å²) in [5.74, 6) is 0.904. The van der Waals surface area contributed by atoms with Gasteiger partial charge in [-0.2, -0.15) is 0 Å². The third-order valence-electron chi connectivity index (χ3n) is 3.31. The number of hydrogen-bond donors (Lipinski definition) is 2. The van der Waals surface area contributed by atoms with Crippen molar-refractivity contribution < 1.29 is 9.84 Å². The van der Waals surface area contributed by atoms with Crippen LogP contribution in [-0.4, -0.2) is 29.7 Å². The summed E-state index contributed by atoms with van der Waals surface area (Å²) in [7, 11) is 0. The fourth-order valence-electron chi connectivity index (χ4n) is 2.02. The van der Waals surface area contributed by atoms with Gasteiger partial charge >= 0.3 is 0 Å². The van der Waals surface area contributed by atoms with E-state index in [0.29, 0.717) is 11.6 Å². The molecule has 1 aromatic carbocycles. The lowest BCUT2D eigenvalue weighted by Gasteiger charge is -2.36. The zero-order valence-electron chi connectivity index (χ0n) is 9.79. The molecular weight excluding hydrogens is 238 g/mol. The van der Waals surface area contributed by atoms with E-state index >= 15 is 0 Å². The largest absolute Gasteiger partial charge is 0.508 e. The molecule has 0 aromatic heterocycles. The standard InChI is InChI=1S/C13H18ClNO2/c14-10-13(5-7-17-8-6-13)15-9-11-1-3-12(16)4-2-11/h1-4,15-16H,5-10H2. The molecule has 4 heteroatoms. The quantitative estimate of drug-likeness (QED) is 0.811. The first-order valence-electron chi connectivity index (χ1n) is 5.91. The summed E-state index contributed by atoms with van der Waals surface area (Å²) < 4.78 is 5.36. The van der Waals surface area contributed by atoms with Crippen molar-refractivity contribution in [2.45, 2.75) is 24.9 Å². The molecule has 1 saturated heterocycles. The van der Waals surface area contributed by atoms with E-state index in [-0.39, 0.29) is 5.54 Å². The van der Waals surface area contributed by atoms with E-state index in [2.05, 4.69) is 5.32 Å². The first kappa shape index (κ1) is 12.7. The van der Waals surface area contributed by atoms with E-state index < -0.39 is 0 Å². The highest BCUT2D eigenvalue weighted by molar-refractivity contribution is 6.18. The summed E-state index contributed by atoms with van der Waals surface area (Å²) in [5, 5.41) is 12.7. The highest BCUT2D eigenvalue weighted by atomic mass is 35.5. The maximum absolute atomic E-state index is 9.21. The SMILES string of the molecule is Oc1ccc(CNC2(CCl)CCOCC2)cc1. The van der Waals surface area contributed by atoms with Crippen LogP contribution >= 0.6 is 11.6 Å². The van der Waals surface area contributed by atoms with Gasteiger partial charge in [-0.05, 0) is 30.5 Å². The summed E-state index contributed by atoms with van der Waals surface area (Å²) >= 11 is 6.07. The Morgan fingerprint density at radius 3 is 2.47 bits per heavy atom. The minimum atomic E-state index is -0.00229. The molecule has 0 amide bonds. The van der Waals surface area contributed by atoms with Crippen LogP contribution in [0.4, 0.5) is 0 Å². The molecule has 0 radical (unpaired) electrons. The molecule has 0 bridgehead atoms. The van der Waals surface area contributed by atoms with E-state index in [1.54, 1.807) is 12.1 Å². The van der Waals surface area contributed by atoms with Crippen molar-refractivity contribution in [1.29, 1.82) is 0 Å².